The second-order valence-electron chi connectivity index (χ2n) is 5.21. The van der Waals surface area contributed by atoms with Crippen LogP contribution >= 0.6 is 0 Å². The van der Waals surface area contributed by atoms with E-state index >= 15 is 0 Å². The van der Waals surface area contributed by atoms with Crippen molar-refractivity contribution in [2.24, 2.45) is 5.92 Å². The summed E-state index contributed by atoms with van der Waals surface area (Å²) in [7, 11) is 0. The zero-order valence-corrected chi connectivity index (χ0v) is 11.3. The van der Waals surface area contributed by atoms with Gasteiger partial charge in [0.2, 0.25) is 0 Å². The molecule has 0 saturated heterocycles. The lowest BCUT2D eigenvalue weighted by atomic mass is 10.1. The van der Waals surface area contributed by atoms with Gasteiger partial charge >= 0.3 is 5.97 Å². The van der Waals surface area contributed by atoms with Gasteiger partial charge in [0.05, 0.1) is 6.61 Å². The summed E-state index contributed by atoms with van der Waals surface area (Å²) in [5.41, 5.74) is 3.34. The Morgan fingerprint density at radius 1 is 1.39 bits per heavy atom. The maximum atomic E-state index is 11.8. The fourth-order valence-corrected chi connectivity index (χ4v) is 1.93. The molecule has 2 rings (SSSR count). The molecule has 1 saturated carbocycles. The van der Waals surface area contributed by atoms with E-state index in [4.69, 9.17) is 4.74 Å². The lowest BCUT2D eigenvalue weighted by Crippen LogP contribution is -2.29. The van der Waals surface area contributed by atoms with Crippen LogP contribution in [0.3, 0.4) is 0 Å². The van der Waals surface area contributed by atoms with Crippen molar-refractivity contribution in [3.05, 3.63) is 29.3 Å². The normalized spacial score (nSPS) is 16.2. The molecule has 0 radical (unpaired) electrons. The molecule has 0 bridgehead atoms. The van der Waals surface area contributed by atoms with Crippen LogP contribution in [0.25, 0.3) is 0 Å². The number of nitrogens with one attached hydrogen (secondary N) is 1. The number of aryl methyl sites for hydroxylation is 2. The fourth-order valence-electron chi connectivity index (χ4n) is 1.93. The van der Waals surface area contributed by atoms with Gasteiger partial charge < -0.3 is 10.1 Å². The van der Waals surface area contributed by atoms with Crippen LogP contribution in [0, 0.1) is 19.8 Å². The average Bonchev–Trinajstić information content (AvgIpc) is 3.14. The summed E-state index contributed by atoms with van der Waals surface area (Å²) < 4.78 is 5.28. The van der Waals surface area contributed by atoms with Crippen LogP contribution in [0.2, 0.25) is 0 Å². The summed E-state index contributed by atoms with van der Waals surface area (Å²) in [6, 6.07) is 5.80. The van der Waals surface area contributed by atoms with Crippen LogP contribution < -0.4 is 5.32 Å². The molecule has 1 aromatic rings. The van der Waals surface area contributed by atoms with Crippen LogP contribution in [0.15, 0.2) is 18.2 Å². The Bertz CT molecular complexity index is 418. The molecule has 0 amide bonds. The predicted octanol–water partition coefficient (Wildman–Crippen LogP) is 3.06. The summed E-state index contributed by atoms with van der Waals surface area (Å²) >= 11 is 0. The minimum atomic E-state index is -0.302. The number of carbonyl (C=O) groups is 1. The van der Waals surface area contributed by atoms with E-state index in [1.807, 2.05) is 39.0 Å². The van der Waals surface area contributed by atoms with Crippen molar-refractivity contribution in [1.29, 1.82) is 0 Å². The highest BCUT2D eigenvalue weighted by Gasteiger charge is 2.24. The first kappa shape index (κ1) is 12.9. The Hall–Kier alpha value is -1.51. The van der Waals surface area contributed by atoms with E-state index in [0.29, 0.717) is 12.5 Å². The summed E-state index contributed by atoms with van der Waals surface area (Å²) in [5.74, 6) is 0.450. The van der Waals surface area contributed by atoms with E-state index in [0.717, 1.165) is 16.8 Å². The standard InChI is InChI=1S/C15H21NO2/c1-10-5-4-6-11(2)14(10)16-12(3)15(17)18-9-13-7-8-13/h4-6,12-13,16H,7-9H2,1-3H3. The fraction of sp³-hybridized carbons (Fsp3) is 0.533. The second kappa shape index (κ2) is 5.42. The van der Waals surface area contributed by atoms with Gasteiger partial charge in [0, 0.05) is 5.69 Å². The van der Waals surface area contributed by atoms with Crippen molar-refractivity contribution in [3.63, 3.8) is 0 Å². The zero-order valence-electron chi connectivity index (χ0n) is 11.3. The molecule has 0 heterocycles. The largest absolute Gasteiger partial charge is 0.464 e. The van der Waals surface area contributed by atoms with E-state index in [9.17, 15) is 4.79 Å². The van der Waals surface area contributed by atoms with Crippen molar-refractivity contribution < 1.29 is 9.53 Å². The topological polar surface area (TPSA) is 38.3 Å². The number of hydrogen-bond acceptors (Lipinski definition) is 3. The molecular formula is C15H21NO2. The van der Waals surface area contributed by atoms with Gasteiger partial charge in [-0.3, -0.25) is 0 Å². The number of carbonyl (C=O) groups excluding carboxylic acids is 1. The molecule has 0 aliphatic heterocycles. The molecule has 3 nitrogen and oxygen atoms in total. The first-order valence-electron chi connectivity index (χ1n) is 6.57. The zero-order chi connectivity index (χ0) is 13.1. The van der Waals surface area contributed by atoms with Gasteiger partial charge in [0.15, 0.2) is 0 Å². The van der Waals surface area contributed by atoms with E-state index in [1.165, 1.54) is 12.8 Å². The van der Waals surface area contributed by atoms with Gasteiger partial charge in [-0.2, -0.15) is 0 Å². The molecule has 1 fully saturated rings. The third kappa shape index (κ3) is 3.25. The van der Waals surface area contributed by atoms with Crippen LogP contribution in [0.5, 0.6) is 0 Å². The lowest BCUT2D eigenvalue weighted by Gasteiger charge is -2.18. The lowest BCUT2D eigenvalue weighted by molar-refractivity contribution is -0.144. The highest BCUT2D eigenvalue weighted by atomic mass is 16.5. The number of ether oxygens (including phenoxy) is 1. The number of para-hydroxylation sites is 1. The molecule has 0 spiro atoms. The van der Waals surface area contributed by atoms with E-state index in [-0.39, 0.29) is 12.0 Å². The van der Waals surface area contributed by atoms with Gasteiger partial charge in [-0.15, -0.1) is 0 Å². The Morgan fingerprint density at radius 3 is 2.56 bits per heavy atom. The van der Waals surface area contributed by atoms with Gasteiger partial charge in [-0.05, 0) is 50.7 Å². The van der Waals surface area contributed by atoms with E-state index in [2.05, 4.69) is 5.32 Å². The Morgan fingerprint density at radius 2 is 2.00 bits per heavy atom. The SMILES string of the molecule is Cc1cccc(C)c1NC(C)C(=O)OCC1CC1. The Balaban J connectivity index is 1.92. The van der Waals surface area contributed by atoms with Crippen molar-refractivity contribution in [2.75, 3.05) is 11.9 Å². The van der Waals surface area contributed by atoms with Crippen molar-refractivity contribution in [3.8, 4) is 0 Å². The highest BCUT2D eigenvalue weighted by molar-refractivity contribution is 5.79. The molecule has 1 unspecified atom stereocenters. The summed E-state index contributed by atoms with van der Waals surface area (Å²) in [4.78, 5) is 11.8. The van der Waals surface area contributed by atoms with Crippen LogP contribution in [0.1, 0.15) is 30.9 Å². The quantitative estimate of drug-likeness (QED) is 0.813. The maximum Gasteiger partial charge on any atom is 0.328 e. The summed E-state index contributed by atoms with van der Waals surface area (Å²) in [5, 5.41) is 3.25. The number of rotatable bonds is 5. The van der Waals surface area contributed by atoms with Crippen LogP contribution in [-0.2, 0) is 9.53 Å². The minimum Gasteiger partial charge on any atom is -0.464 e. The average molecular weight is 247 g/mol. The molecule has 1 atom stereocenters. The Labute approximate surface area is 109 Å². The third-order valence-corrected chi connectivity index (χ3v) is 3.35. The first-order valence-corrected chi connectivity index (χ1v) is 6.57. The summed E-state index contributed by atoms with van der Waals surface area (Å²) in [6.07, 6.45) is 2.40. The van der Waals surface area contributed by atoms with Crippen molar-refractivity contribution >= 4 is 11.7 Å². The number of anilines is 1. The smallest absolute Gasteiger partial charge is 0.328 e. The van der Waals surface area contributed by atoms with Gasteiger partial charge in [0.1, 0.15) is 6.04 Å². The molecule has 1 aromatic carbocycles. The number of benzene rings is 1. The first-order chi connectivity index (χ1) is 8.58. The molecule has 98 valence electrons. The maximum absolute atomic E-state index is 11.8. The van der Waals surface area contributed by atoms with Gasteiger partial charge in [-0.25, -0.2) is 4.79 Å². The van der Waals surface area contributed by atoms with E-state index in [1.54, 1.807) is 0 Å². The third-order valence-electron chi connectivity index (χ3n) is 3.35. The summed E-state index contributed by atoms with van der Waals surface area (Å²) in [6.45, 7) is 6.51. The molecule has 1 N–H and O–H groups in total. The molecule has 18 heavy (non-hydrogen) atoms. The predicted molar refractivity (Wildman–Crippen MR) is 72.7 cm³/mol. The molecule has 1 aliphatic carbocycles. The van der Waals surface area contributed by atoms with Crippen molar-refractivity contribution in [1.82, 2.24) is 0 Å². The minimum absolute atomic E-state index is 0.162. The number of esters is 1. The highest BCUT2D eigenvalue weighted by Crippen LogP contribution is 2.29. The van der Waals surface area contributed by atoms with Gasteiger partial charge in [-0.1, -0.05) is 18.2 Å². The monoisotopic (exact) mass is 247 g/mol. The van der Waals surface area contributed by atoms with Crippen LogP contribution in [0.4, 0.5) is 5.69 Å². The Kier molecular flexibility index (Phi) is 3.90. The number of hydrogen-bond donors (Lipinski definition) is 1. The second-order valence-corrected chi connectivity index (χ2v) is 5.21. The van der Waals surface area contributed by atoms with Crippen molar-refractivity contribution in [2.45, 2.75) is 39.7 Å². The van der Waals surface area contributed by atoms with Crippen LogP contribution in [-0.4, -0.2) is 18.6 Å². The molecular weight excluding hydrogens is 226 g/mol. The van der Waals surface area contributed by atoms with E-state index < -0.39 is 0 Å². The molecule has 1 aliphatic rings. The van der Waals surface area contributed by atoms with Gasteiger partial charge in [0.25, 0.3) is 0 Å². The molecule has 3 heteroatoms. The molecule has 0 aromatic heterocycles.